The number of carbonyl (C=O) groups excluding carboxylic acids is 2. The van der Waals surface area contributed by atoms with E-state index in [4.69, 9.17) is 4.74 Å². The van der Waals surface area contributed by atoms with Crippen molar-refractivity contribution >= 4 is 12.0 Å². The van der Waals surface area contributed by atoms with E-state index in [2.05, 4.69) is 10.6 Å². The molecule has 0 bridgehead atoms. The lowest BCUT2D eigenvalue weighted by Gasteiger charge is -2.12. The highest BCUT2D eigenvalue weighted by molar-refractivity contribution is 5.75. The second-order valence-electron chi connectivity index (χ2n) is 4.07. The second kappa shape index (κ2) is 7.51. The number of carbonyl (C=O) groups is 2. The van der Waals surface area contributed by atoms with Crippen molar-refractivity contribution in [1.29, 1.82) is 0 Å². The van der Waals surface area contributed by atoms with Crippen LogP contribution in [-0.4, -0.2) is 25.6 Å². The van der Waals surface area contributed by atoms with Crippen LogP contribution < -0.4 is 10.6 Å². The molecule has 8 heteroatoms. The smallest absolute Gasteiger partial charge is 0.416 e. The van der Waals surface area contributed by atoms with Gasteiger partial charge in [-0.15, -0.1) is 0 Å². The molecule has 0 spiro atoms. The van der Waals surface area contributed by atoms with Gasteiger partial charge in [0.25, 0.3) is 0 Å². The van der Waals surface area contributed by atoms with E-state index in [0.29, 0.717) is 0 Å². The van der Waals surface area contributed by atoms with Crippen LogP contribution in [0.3, 0.4) is 0 Å². The van der Waals surface area contributed by atoms with Gasteiger partial charge in [-0.2, -0.15) is 13.2 Å². The van der Waals surface area contributed by atoms with Crippen LogP contribution in [0, 0.1) is 0 Å². The van der Waals surface area contributed by atoms with Crippen molar-refractivity contribution in [1.82, 2.24) is 10.6 Å². The van der Waals surface area contributed by atoms with E-state index in [9.17, 15) is 22.8 Å². The van der Waals surface area contributed by atoms with Crippen LogP contribution in [0.15, 0.2) is 24.3 Å². The van der Waals surface area contributed by atoms with Gasteiger partial charge in [0, 0.05) is 19.2 Å². The van der Waals surface area contributed by atoms with Crippen LogP contribution in [0.1, 0.15) is 17.5 Å². The highest BCUT2D eigenvalue weighted by atomic mass is 19.4. The molecule has 0 unspecified atom stereocenters. The number of nitrogens with one attached hydrogen (secondary N) is 2. The van der Waals surface area contributed by atoms with Crippen LogP contribution in [-0.2, 0) is 22.3 Å². The summed E-state index contributed by atoms with van der Waals surface area (Å²) in [6.07, 6.45) is -4.62. The van der Waals surface area contributed by atoms with Gasteiger partial charge in [0.1, 0.15) is 6.61 Å². The number of rotatable bonds is 5. The molecule has 2 amide bonds. The Morgan fingerprint density at radius 2 is 1.90 bits per heavy atom. The lowest BCUT2D eigenvalue weighted by molar-refractivity contribution is -0.147. The van der Waals surface area contributed by atoms with Gasteiger partial charge in [-0.3, -0.25) is 4.79 Å². The quantitative estimate of drug-likeness (QED) is 0.818. The molecule has 0 heterocycles. The summed E-state index contributed by atoms with van der Waals surface area (Å²) in [7, 11) is 1.42. The van der Waals surface area contributed by atoms with Gasteiger partial charge in [-0.05, 0) is 6.07 Å². The third-order valence-electron chi connectivity index (χ3n) is 2.55. The summed E-state index contributed by atoms with van der Waals surface area (Å²) in [5.74, 6) is -0.691. The number of amides is 2. The number of ether oxygens (including phenoxy) is 1. The summed E-state index contributed by atoms with van der Waals surface area (Å²) < 4.78 is 42.9. The second-order valence-corrected chi connectivity index (χ2v) is 4.07. The summed E-state index contributed by atoms with van der Waals surface area (Å²) in [5, 5.41) is 4.66. The van der Waals surface area contributed by atoms with Gasteiger partial charge >= 0.3 is 18.2 Å². The Morgan fingerprint density at radius 3 is 2.52 bits per heavy atom. The summed E-state index contributed by atoms with van der Waals surface area (Å²) in [6, 6.07) is 4.42. The zero-order chi connectivity index (χ0) is 15.9. The minimum absolute atomic E-state index is 0.0411. The first-order valence-electron chi connectivity index (χ1n) is 6.11. The molecule has 0 aliphatic heterocycles. The minimum atomic E-state index is -4.50. The van der Waals surface area contributed by atoms with Crippen LogP contribution in [0.25, 0.3) is 0 Å². The maximum atomic E-state index is 12.7. The minimum Gasteiger partial charge on any atom is -0.461 e. The number of hydrogen-bond donors (Lipinski definition) is 2. The monoisotopic (exact) mass is 304 g/mol. The third-order valence-corrected chi connectivity index (χ3v) is 2.55. The standard InChI is InChI=1S/C13H15F3N2O3/c1-17-12(20)18-7-6-11(19)21-8-9-4-2-3-5-10(9)13(14,15)16/h2-5H,6-8H2,1H3,(H2,17,18,20). The zero-order valence-corrected chi connectivity index (χ0v) is 11.3. The van der Waals surface area contributed by atoms with Crippen molar-refractivity contribution in [3.8, 4) is 0 Å². The third kappa shape index (κ3) is 5.72. The molecular formula is C13H15F3N2O3. The van der Waals surface area contributed by atoms with Gasteiger partial charge in [0.05, 0.1) is 12.0 Å². The Morgan fingerprint density at radius 1 is 1.24 bits per heavy atom. The molecular weight excluding hydrogens is 289 g/mol. The van der Waals surface area contributed by atoms with Crippen molar-refractivity contribution in [2.24, 2.45) is 0 Å². The Bertz CT molecular complexity index is 504. The van der Waals surface area contributed by atoms with Gasteiger partial charge in [-0.25, -0.2) is 4.79 Å². The first-order valence-corrected chi connectivity index (χ1v) is 6.11. The Kier molecular flexibility index (Phi) is 6.01. The average molecular weight is 304 g/mol. The topological polar surface area (TPSA) is 67.4 Å². The molecule has 0 atom stereocenters. The SMILES string of the molecule is CNC(=O)NCCC(=O)OCc1ccccc1C(F)(F)F. The molecule has 0 saturated carbocycles. The lowest BCUT2D eigenvalue weighted by atomic mass is 10.1. The van der Waals surface area contributed by atoms with Crippen molar-refractivity contribution in [2.45, 2.75) is 19.2 Å². The van der Waals surface area contributed by atoms with Crippen LogP contribution in [0.5, 0.6) is 0 Å². The predicted octanol–water partition coefficient (Wildman–Crippen LogP) is 2.07. The molecule has 0 radical (unpaired) electrons. The molecule has 1 aromatic carbocycles. The van der Waals surface area contributed by atoms with E-state index < -0.39 is 30.3 Å². The van der Waals surface area contributed by atoms with Gasteiger partial charge in [-0.1, -0.05) is 18.2 Å². The van der Waals surface area contributed by atoms with E-state index in [0.717, 1.165) is 6.07 Å². The van der Waals surface area contributed by atoms with Crippen LogP contribution in [0.4, 0.5) is 18.0 Å². The van der Waals surface area contributed by atoms with Crippen molar-refractivity contribution in [2.75, 3.05) is 13.6 Å². The van der Waals surface area contributed by atoms with Crippen molar-refractivity contribution < 1.29 is 27.5 Å². The molecule has 0 fully saturated rings. The van der Waals surface area contributed by atoms with Crippen LogP contribution >= 0.6 is 0 Å². The average Bonchev–Trinajstić information content (AvgIpc) is 2.44. The number of alkyl halides is 3. The molecule has 2 N–H and O–H groups in total. The number of esters is 1. The molecule has 1 rings (SSSR count). The zero-order valence-electron chi connectivity index (χ0n) is 11.3. The number of urea groups is 1. The highest BCUT2D eigenvalue weighted by Crippen LogP contribution is 2.32. The normalized spacial score (nSPS) is 10.9. The Labute approximate surface area is 119 Å². The van der Waals surface area contributed by atoms with E-state index in [1.807, 2.05) is 0 Å². The predicted molar refractivity (Wildman–Crippen MR) is 68.3 cm³/mol. The number of halogens is 3. The van der Waals surface area contributed by atoms with Crippen molar-refractivity contribution in [3.63, 3.8) is 0 Å². The largest absolute Gasteiger partial charge is 0.461 e. The molecule has 0 aliphatic carbocycles. The first-order chi connectivity index (χ1) is 9.84. The van der Waals surface area contributed by atoms with E-state index in [1.54, 1.807) is 0 Å². The fraction of sp³-hybridized carbons (Fsp3) is 0.385. The summed E-state index contributed by atoms with van der Waals surface area (Å²) in [4.78, 5) is 22.2. The number of hydrogen-bond acceptors (Lipinski definition) is 3. The molecule has 116 valence electrons. The van der Waals surface area contributed by atoms with Crippen molar-refractivity contribution in [3.05, 3.63) is 35.4 Å². The maximum absolute atomic E-state index is 12.7. The number of benzene rings is 1. The first kappa shape index (κ1) is 16.8. The van der Waals surface area contributed by atoms with Gasteiger partial charge in [0.15, 0.2) is 0 Å². The van der Waals surface area contributed by atoms with Crippen LogP contribution in [0.2, 0.25) is 0 Å². The fourth-order valence-corrected chi connectivity index (χ4v) is 1.52. The molecule has 1 aromatic rings. The fourth-order valence-electron chi connectivity index (χ4n) is 1.52. The Balaban J connectivity index is 2.49. The van der Waals surface area contributed by atoms with E-state index >= 15 is 0 Å². The van der Waals surface area contributed by atoms with Gasteiger partial charge in [0.2, 0.25) is 0 Å². The van der Waals surface area contributed by atoms with Gasteiger partial charge < -0.3 is 15.4 Å². The highest BCUT2D eigenvalue weighted by Gasteiger charge is 2.33. The van der Waals surface area contributed by atoms with E-state index in [1.165, 1.54) is 25.2 Å². The van der Waals surface area contributed by atoms with E-state index in [-0.39, 0.29) is 18.5 Å². The summed E-state index contributed by atoms with van der Waals surface area (Å²) >= 11 is 0. The molecule has 0 saturated heterocycles. The summed E-state index contributed by atoms with van der Waals surface area (Å²) in [5.41, 5.74) is -0.945. The molecule has 21 heavy (non-hydrogen) atoms. The molecule has 0 aliphatic rings. The maximum Gasteiger partial charge on any atom is 0.416 e. The summed E-state index contributed by atoms with van der Waals surface area (Å²) in [6.45, 7) is -0.423. The molecule has 0 aromatic heterocycles. The molecule has 5 nitrogen and oxygen atoms in total. The Hall–Kier alpha value is -2.25. The lowest BCUT2D eigenvalue weighted by Crippen LogP contribution is -2.34.